The highest BCUT2D eigenvalue weighted by Crippen LogP contribution is 2.26. The number of carbonyl (C=O) groups excluding carboxylic acids is 1. The molecule has 2 heterocycles. The van der Waals surface area contributed by atoms with E-state index in [0.29, 0.717) is 5.92 Å². The highest BCUT2D eigenvalue weighted by molar-refractivity contribution is 5.79. The number of piperidine rings is 1. The van der Waals surface area contributed by atoms with Gasteiger partial charge in [-0.15, -0.1) is 0 Å². The van der Waals surface area contributed by atoms with E-state index in [1.165, 1.54) is 0 Å². The van der Waals surface area contributed by atoms with Gasteiger partial charge in [0.15, 0.2) is 0 Å². The van der Waals surface area contributed by atoms with Gasteiger partial charge in [-0.05, 0) is 52.6 Å². The van der Waals surface area contributed by atoms with Gasteiger partial charge in [-0.1, -0.05) is 13.8 Å². The number of aryl methyl sites for hydroxylation is 1. The van der Waals surface area contributed by atoms with Crippen LogP contribution in [-0.4, -0.2) is 42.0 Å². The van der Waals surface area contributed by atoms with Gasteiger partial charge in [0.1, 0.15) is 5.75 Å². The highest BCUT2D eigenvalue weighted by Gasteiger charge is 2.26. The molecule has 1 amide bonds. The van der Waals surface area contributed by atoms with Crippen molar-refractivity contribution < 1.29 is 9.53 Å². The van der Waals surface area contributed by atoms with Gasteiger partial charge in [-0.2, -0.15) is 0 Å². The highest BCUT2D eigenvalue weighted by atomic mass is 16.5. The van der Waals surface area contributed by atoms with E-state index >= 15 is 0 Å². The predicted octanol–water partition coefficient (Wildman–Crippen LogP) is 3.08. The summed E-state index contributed by atoms with van der Waals surface area (Å²) >= 11 is 0. The number of nitrogens with one attached hydrogen (secondary N) is 1. The first kappa shape index (κ1) is 19.7. The lowest BCUT2D eigenvalue weighted by molar-refractivity contribution is -0.127. The van der Waals surface area contributed by atoms with Crippen molar-refractivity contribution >= 4 is 5.91 Å². The second-order valence-electron chi connectivity index (χ2n) is 7.64. The predicted molar refractivity (Wildman–Crippen MR) is 101 cm³/mol. The average molecular weight is 348 g/mol. The Labute approximate surface area is 152 Å². The number of likely N-dealkylation sites (tertiary alicyclic amines) is 1. The molecule has 1 aromatic heterocycles. The summed E-state index contributed by atoms with van der Waals surface area (Å²) < 4.78 is 5.50. The first-order valence-electron chi connectivity index (χ1n) is 9.35. The van der Waals surface area contributed by atoms with Gasteiger partial charge in [0, 0.05) is 35.8 Å². The smallest absolute Gasteiger partial charge is 0.223 e. The Morgan fingerprint density at radius 3 is 2.52 bits per heavy atom. The standard InChI is InChI=1S/C20H33N3O2/c1-13(2)16(5)22-20(24)17-7-9-23(10-8-17)12-18-15(4)19(25-6)14(3)11-21-18/h11,13,16-17H,7-10,12H2,1-6H3,(H,22,24). The maximum Gasteiger partial charge on any atom is 0.223 e. The average Bonchev–Trinajstić information content (AvgIpc) is 2.58. The van der Waals surface area contributed by atoms with Crippen molar-refractivity contribution in [1.29, 1.82) is 0 Å². The fourth-order valence-electron chi connectivity index (χ4n) is 3.30. The normalized spacial score (nSPS) is 17.6. The Kier molecular flexibility index (Phi) is 6.82. The Balaban J connectivity index is 1.90. The van der Waals surface area contributed by atoms with E-state index < -0.39 is 0 Å². The van der Waals surface area contributed by atoms with Crippen molar-refractivity contribution in [2.75, 3.05) is 20.2 Å². The zero-order valence-electron chi connectivity index (χ0n) is 16.6. The SMILES string of the molecule is COc1c(C)cnc(CN2CCC(C(=O)NC(C)C(C)C)CC2)c1C. The van der Waals surface area contributed by atoms with Crippen LogP contribution in [0.1, 0.15) is 50.4 Å². The summed E-state index contributed by atoms with van der Waals surface area (Å²) in [6.07, 6.45) is 3.71. The molecule has 1 saturated heterocycles. The van der Waals surface area contributed by atoms with E-state index in [1.54, 1.807) is 7.11 Å². The molecule has 2 rings (SSSR count). The molecular weight excluding hydrogens is 314 g/mol. The summed E-state index contributed by atoms with van der Waals surface area (Å²) in [5.74, 6) is 1.75. The number of nitrogens with zero attached hydrogens (tertiary/aromatic N) is 2. The van der Waals surface area contributed by atoms with Gasteiger partial charge in [-0.25, -0.2) is 0 Å². The van der Waals surface area contributed by atoms with Crippen LogP contribution < -0.4 is 10.1 Å². The van der Waals surface area contributed by atoms with E-state index in [1.807, 2.05) is 13.1 Å². The molecule has 0 radical (unpaired) electrons. The molecule has 0 aromatic carbocycles. The molecule has 0 saturated carbocycles. The molecule has 1 N–H and O–H groups in total. The number of ether oxygens (including phenoxy) is 1. The Morgan fingerprint density at radius 1 is 1.32 bits per heavy atom. The maximum atomic E-state index is 12.4. The summed E-state index contributed by atoms with van der Waals surface area (Å²) in [6.45, 7) is 13.1. The van der Waals surface area contributed by atoms with Crippen LogP contribution in [0, 0.1) is 25.7 Å². The van der Waals surface area contributed by atoms with Crippen molar-refractivity contribution in [2.45, 2.75) is 60.0 Å². The molecule has 1 unspecified atom stereocenters. The van der Waals surface area contributed by atoms with Crippen LogP contribution in [0.15, 0.2) is 6.20 Å². The molecule has 5 heteroatoms. The number of carbonyl (C=O) groups is 1. The lowest BCUT2D eigenvalue weighted by Crippen LogP contribution is -2.44. The van der Waals surface area contributed by atoms with Crippen LogP contribution in [-0.2, 0) is 11.3 Å². The van der Waals surface area contributed by atoms with Crippen LogP contribution in [0.2, 0.25) is 0 Å². The summed E-state index contributed by atoms with van der Waals surface area (Å²) in [4.78, 5) is 19.4. The number of methoxy groups -OCH3 is 1. The molecule has 1 aromatic rings. The summed E-state index contributed by atoms with van der Waals surface area (Å²) in [5, 5.41) is 3.16. The summed E-state index contributed by atoms with van der Waals surface area (Å²) in [5.41, 5.74) is 3.25. The molecular formula is C20H33N3O2. The second-order valence-corrected chi connectivity index (χ2v) is 7.64. The van der Waals surface area contributed by atoms with E-state index in [0.717, 1.165) is 55.0 Å². The van der Waals surface area contributed by atoms with Gasteiger partial charge in [0.2, 0.25) is 5.91 Å². The third kappa shape index (κ3) is 4.94. The van der Waals surface area contributed by atoms with E-state index in [-0.39, 0.29) is 17.9 Å². The fourth-order valence-corrected chi connectivity index (χ4v) is 3.30. The molecule has 5 nitrogen and oxygen atoms in total. The van der Waals surface area contributed by atoms with Crippen molar-refractivity contribution in [3.63, 3.8) is 0 Å². The summed E-state index contributed by atoms with van der Waals surface area (Å²) in [7, 11) is 1.71. The zero-order valence-corrected chi connectivity index (χ0v) is 16.6. The molecule has 140 valence electrons. The topological polar surface area (TPSA) is 54.5 Å². The van der Waals surface area contributed by atoms with Gasteiger partial charge < -0.3 is 10.1 Å². The molecule has 1 atom stereocenters. The molecule has 0 aliphatic carbocycles. The first-order chi connectivity index (χ1) is 11.8. The zero-order chi connectivity index (χ0) is 18.6. The first-order valence-corrected chi connectivity index (χ1v) is 9.35. The second kappa shape index (κ2) is 8.65. The third-order valence-corrected chi connectivity index (χ3v) is 5.45. The largest absolute Gasteiger partial charge is 0.496 e. The lowest BCUT2D eigenvalue weighted by atomic mass is 9.94. The molecule has 0 bridgehead atoms. The Morgan fingerprint density at radius 2 is 1.96 bits per heavy atom. The van der Waals surface area contributed by atoms with Crippen LogP contribution in [0.25, 0.3) is 0 Å². The number of amides is 1. The van der Waals surface area contributed by atoms with E-state index in [4.69, 9.17) is 4.74 Å². The van der Waals surface area contributed by atoms with Gasteiger partial charge in [0.05, 0.1) is 12.8 Å². The van der Waals surface area contributed by atoms with Crippen LogP contribution in [0.3, 0.4) is 0 Å². The molecule has 1 aliphatic heterocycles. The van der Waals surface area contributed by atoms with Crippen molar-refractivity contribution in [1.82, 2.24) is 15.2 Å². The third-order valence-electron chi connectivity index (χ3n) is 5.45. The number of hydrogen-bond donors (Lipinski definition) is 1. The Bertz CT molecular complexity index is 593. The number of aromatic nitrogens is 1. The van der Waals surface area contributed by atoms with E-state index in [2.05, 4.69) is 42.9 Å². The minimum atomic E-state index is 0.138. The molecule has 0 spiro atoms. The minimum Gasteiger partial charge on any atom is -0.496 e. The van der Waals surface area contributed by atoms with Crippen molar-refractivity contribution in [3.05, 3.63) is 23.0 Å². The van der Waals surface area contributed by atoms with Crippen LogP contribution >= 0.6 is 0 Å². The van der Waals surface area contributed by atoms with Gasteiger partial charge >= 0.3 is 0 Å². The maximum absolute atomic E-state index is 12.4. The van der Waals surface area contributed by atoms with Gasteiger partial charge in [0.25, 0.3) is 0 Å². The van der Waals surface area contributed by atoms with Crippen LogP contribution in [0.4, 0.5) is 0 Å². The molecule has 25 heavy (non-hydrogen) atoms. The van der Waals surface area contributed by atoms with Gasteiger partial charge in [-0.3, -0.25) is 14.7 Å². The fraction of sp³-hybridized carbons (Fsp3) is 0.700. The summed E-state index contributed by atoms with van der Waals surface area (Å²) in [6, 6.07) is 0.234. The monoisotopic (exact) mass is 347 g/mol. The van der Waals surface area contributed by atoms with Crippen molar-refractivity contribution in [2.24, 2.45) is 11.8 Å². The number of rotatable bonds is 6. The number of pyridine rings is 1. The quantitative estimate of drug-likeness (QED) is 0.859. The molecule has 1 fully saturated rings. The number of hydrogen-bond acceptors (Lipinski definition) is 4. The van der Waals surface area contributed by atoms with Crippen molar-refractivity contribution in [3.8, 4) is 5.75 Å². The van der Waals surface area contributed by atoms with Crippen LogP contribution in [0.5, 0.6) is 5.75 Å². The molecule has 1 aliphatic rings. The lowest BCUT2D eigenvalue weighted by Gasteiger charge is -2.32. The van der Waals surface area contributed by atoms with E-state index in [9.17, 15) is 4.79 Å². The Hall–Kier alpha value is -1.62. The minimum absolute atomic E-state index is 0.138.